The van der Waals surface area contributed by atoms with Gasteiger partial charge in [0.25, 0.3) is 5.91 Å². The van der Waals surface area contributed by atoms with Crippen molar-refractivity contribution >= 4 is 40.4 Å². The lowest BCUT2D eigenvalue weighted by molar-refractivity contribution is -0.142. The van der Waals surface area contributed by atoms with Gasteiger partial charge in [0.15, 0.2) is 17.0 Å². The molecule has 0 saturated heterocycles. The monoisotopic (exact) mass is 606 g/mol. The third-order valence-electron chi connectivity index (χ3n) is 6.36. The maximum atomic E-state index is 14.1. The zero-order chi connectivity index (χ0) is 29.6. The molecule has 0 aliphatic heterocycles. The van der Waals surface area contributed by atoms with Crippen LogP contribution in [0.3, 0.4) is 0 Å². The molecule has 1 amide bonds. The van der Waals surface area contributed by atoms with Crippen LogP contribution in [0.1, 0.15) is 33.1 Å². The minimum Gasteiger partial charge on any atom is -0.497 e. The predicted octanol–water partition coefficient (Wildman–Crippen LogP) is 6.98. The summed E-state index contributed by atoms with van der Waals surface area (Å²) >= 11 is 12.6. The largest absolute Gasteiger partial charge is 0.497 e. The number of carbonyl (C=O) groups is 1. The molecule has 0 radical (unpaired) electrons. The molecule has 212 valence electrons. The van der Waals surface area contributed by atoms with E-state index in [0.29, 0.717) is 38.5 Å². The van der Waals surface area contributed by atoms with Gasteiger partial charge in [-0.05, 0) is 49.7 Å². The summed E-state index contributed by atoms with van der Waals surface area (Å²) in [5.41, 5.74) is 0.178. The summed E-state index contributed by atoms with van der Waals surface area (Å²) in [5, 5.41) is 10.8. The molecule has 41 heavy (non-hydrogen) atoms. The van der Waals surface area contributed by atoms with Crippen molar-refractivity contribution in [1.82, 2.24) is 24.4 Å². The van der Waals surface area contributed by atoms with E-state index in [1.807, 2.05) is 0 Å². The number of amides is 1. The number of nitrogens with one attached hydrogen (secondary N) is 1. The molecule has 0 bridgehead atoms. The second kappa shape index (κ2) is 10.7. The van der Waals surface area contributed by atoms with Gasteiger partial charge in [-0.1, -0.05) is 41.4 Å². The lowest BCUT2D eigenvalue weighted by Gasteiger charge is -2.11. The van der Waals surface area contributed by atoms with Gasteiger partial charge in [-0.25, -0.2) is 13.9 Å². The van der Waals surface area contributed by atoms with E-state index >= 15 is 0 Å². The summed E-state index contributed by atoms with van der Waals surface area (Å²) in [5.74, 6) is -0.921. The fourth-order valence-electron chi connectivity index (χ4n) is 4.28. The Morgan fingerprint density at radius 2 is 1.83 bits per heavy atom. The second-order valence-corrected chi connectivity index (χ2v) is 9.83. The Morgan fingerprint density at radius 3 is 2.51 bits per heavy atom. The number of hydrogen-bond donors (Lipinski definition) is 1. The first-order valence-electron chi connectivity index (χ1n) is 12.0. The quantitative estimate of drug-likeness (QED) is 0.211. The molecule has 14 heteroatoms. The standard InChI is InChI=1S/C27H20Cl2F4N6O2/c1-13-23(14(2)38(36-13)12-16-7-8-17(30)10-19(16)28)35-26(40)24-22(29)25-34-20(15-5-4-6-18(9-15)41-3)11-21(27(31,32)33)39(25)37-24/h4-11H,12H2,1-3H3,(H,35,40). The lowest BCUT2D eigenvalue weighted by atomic mass is 10.1. The number of ether oxygens (including phenoxy) is 1. The van der Waals surface area contributed by atoms with Crippen molar-refractivity contribution in [2.24, 2.45) is 0 Å². The van der Waals surface area contributed by atoms with Crippen molar-refractivity contribution in [3.05, 3.63) is 92.7 Å². The molecule has 3 aromatic heterocycles. The number of methoxy groups -OCH3 is 1. The van der Waals surface area contributed by atoms with Crippen LogP contribution in [0, 0.1) is 19.7 Å². The van der Waals surface area contributed by atoms with Crippen LogP contribution in [0.2, 0.25) is 10.0 Å². The third-order valence-corrected chi connectivity index (χ3v) is 7.06. The Kier molecular flexibility index (Phi) is 7.39. The van der Waals surface area contributed by atoms with Gasteiger partial charge >= 0.3 is 6.18 Å². The van der Waals surface area contributed by atoms with Crippen LogP contribution in [0.5, 0.6) is 5.75 Å². The van der Waals surface area contributed by atoms with E-state index in [2.05, 4.69) is 20.5 Å². The van der Waals surface area contributed by atoms with Gasteiger partial charge in [0.05, 0.1) is 36.4 Å². The fraction of sp³-hybridized carbons (Fsp3) is 0.185. The van der Waals surface area contributed by atoms with Crippen molar-refractivity contribution in [2.75, 3.05) is 12.4 Å². The maximum Gasteiger partial charge on any atom is 0.433 e. The van der Waals surface area contributed by atoms with E-state index in [-0.39, 0.29) is 27.9 Å². The van der Waals surface area contributed by atoms with Gasteiger partial charge in [-0.3, -0.25) is 9.48 Å². The van der Waals surface area contributed by atoms with Crippen LogP contribution in [0.4, 0.5) is 23.2 Å². The number of rotatable bonds is 6. The van der Waals surface area contributed by atoms with Crippen molar-refractivity contribution in [3.8, 4) is 17.0 Å². The SMILES string of the molecule is COc1cccc(-c2cc(C(F)(F)F)n3nc(C(=O)Nc4c(C)nn(Cc5ccc(F)cc5Cl)c4C)c(Cl)c3n2)c1. The number of benzene rings is 2. The summed E-state index contributed by atoms with van der Waals surface area (Å²) in [7, 11) is 1.43. The number of fused-ring (bicyclic) bond motifs is 1. The second-order valence-electron chi connectivity index (χ2n) is 9.05. The van der Waals surface area contributed by atoms with Crippen LogP contribution in [-0.2, 0) is 12.7 Å². The molecule has 0 saturated carbocycles. The smallest absolute Gasteiger partial charge is 0.433 e. The molecule has 2 aromatic carbocycles. The summed E-state index contributed by atoms with van der Waals surface area (Å²) in [6, 6.07) is 11.1. The normalized spacial score (nSPS) is 11.7. The third kappa shape index (κ3) is 5.44. The molecule has 5 aromatic rings. The zero-order valence-electron chi connectivity index (χ0n) is 21.6. The maximum absolute atomic E-state index is 14.1. The van der Waals surface area contributed by atoms with E-state index in [0.717, 1.165) is 6.07 Å². The molecule has 0 fully saturated rings. The van der Waals surface area contributed by atoms with E-state index in [1.165, 1.54) is 31.4 Å². The summed E-state index contributed by atoms with van der Waals surface area (Å²) < 4.78 is 62.9. The van der Waals surface area contributed by atoms with Crippen LogP contribution < -0.4 is 10.1 Å². The number of aromatic nitrogens is 5. The van der Waals surface area contributed by atoms with E-state index in [9.17, 15) is 22.4 Å². The first kappa shape index (κ1) is 28.4. The Balaban J connectivity index is 1.52. The number of hydrogen-bond acceptors (Lipinski definition) is 5. The molecule has 0 aliphatic rings. The Bertz CT molecular complexity index is 1820. The van der Waals surface area contributed by atoms with E-state index in [4.69, 9.17) is 27.9 Å². The first-order valence-corrected chi connectivity index (χ1v) is 12.7. The molecule has 8 nitrogen and oxygen atoms in total. The van der Waals surface area contributed by atoms with E-state index < -0.39 is 29.3 Å². The molecular weight excluding hydrogens is 587 g/mol. The van der Waals surface area contributed by atoms with Crippen LogP contribution in [0.25, 0.3) is 16.9 Å². The zero-order valence-corrected chi connectivity index (χ0v) is 23.2. The number of alkyl halides is 3. The fourth-order valence-corrected chi connectivity index (χ4v) is 4.76. The number of halogens is 6. The van der Waals surface area contributed by atoms with Gasteiger partial charge in [0, 0.05) is 10.6 Å². The van der Waals surface area contributed by atoms with Gasteiger partial charge in [-0.2, -0.15) is 23.4 Å². The van der Waals surface area contributed by atoms with Gasteiger partial charge in [-0.15, -0.1) is 0 Å². The highest BCUT2D eigenvalue weighted by Gasteiger charge is 2.37. The number of carbonyl (C=O) groups excluding carboxylic acids is 1. The molecular formula is C27H20Cl2F4N6O2. The van der Waals surface area contributed by atoms with Crippen LogP contribution in [-0.4, -0.2) is 37.4 Å². The number of nitrogens with zero attached hydrogens (tertiary/aromatic N) is 5. The number of aryl methyl sites for hydroxylation is 1. The highest BCUT2D eigenvalue weighted by Crippen LogP contribution is 2.35. The lowest BCUT2D eigenvalue weighted by Crippen LogP contribution is -2.16. The van der Waals surface area contributed by atoms with Crippen molar-refractivity contribution in [2.45, 2.75) is 26.6 Å². The molecule has 0 spiro atoms. The first-order chi connectivity index (χ1) is 19.4. The minimum atomic E-state index is -4.84. The van der Waals surface area contributed by atoms with Crippen molar-refractivity contribution < 1.29 is 27.1 Å². The topological polar surface area (TPSA) is 86.3 Å². The highest BCUT2D eigenvalue weighted by atomic mass is 35.5. The van der Waals surface area contributed by atoms with Crippen molar-refractivity contribution in [3.63, 3.8) is 0 Å². The van der Waals surface area contributed by atoms with Gasteiger partial charge < -0.3 is 10.1 Å². The average Bonchev–Trinajstić information content (AvgIpc) is 3.40. The van der Waals surface area contributed by atoms with Crippen LogP contribution in [0.15, 0.2) is 48.5 Å². The number of anilines is 1. The van der Waals surface area contributed by atoms with Crippen LogP contribution >= 0.6 is 23.2 Å². The molecule has 0 atom stereocenters. The van der Waals surface area contributed by atoms with Gasteiger partial charge in [0.1, 0.15) is 16.6 Å². The molecule has 3 heterocycles. The Labute approximate surface area is 240 Å². The Morgan fingerprint density at radius 1 is 1.07 bits per heavy atom. The summed E-state index contributed by atoms with van der Waals surface area (Å²) in [6.45, 7) is 3.51. The highest BCUT2D eigenvalue weighted by molar-refractivity contribution is 6.37. The van der Waals surface area contributed by atoms with Crippen molar-refractivity contribution in [1.29, 1.82) is 0 Å². The predicted molar refractivity (Wildman–Crippen MR) is 145 cm³/mol. The summed E-state index contributed by atoms with van der Waals surface area (Å²) in [4.78, 5) is 17.6. The minimum absolute atomic E-state index is 0.0371. The molecule has 0 aliphatic carbocycles. The average molecular weight is 607 g/mol. The molecule has 0 unspecified atom stereocenters. The summed E-state index contributed by atoms with van der Waals surface area (Å²) in [6.07, 6.45) is -4.84. The Hall–Kier alpha value is -4.16. The molecule has 5 rings (SSSR count). The molecule has 1 N–H and O–H groups in total. The van der Waals surface area contributed by atoms with E-state index in [1.54, 1.807) is 36.7 Å². The van der Waals surface area contributed by atoms with Gasteiger partial charge in [0.2, 0.25) is 0 Å².